The summed E-state index contributed by atoms with van der Waals surface area (Å²) in [5.74, 6) is 0.808. The lowest BCUT2D eigenvalue weighted by atomic mass is 10.1. The SMILES string of the molecule is COc1ccc(C(O)CN(C)C2CCOC2C)cc1. The Kier molecular flexibility index (Phi) is 4.80. The molecule has 1 heterocycles. The number of rotatable bonds is 5. The Morgan fingerprint density at radius 1 is 1.42 bits per heavy atom. The normalized spacial score (nSPS) is 24.7. The molecule has 1 N–H and O–H groups in total. The highest BCUT2D eigenvalue weighted by molar-refractivity contribution is 5.28. The molecule has 4 heteroatoms. The molecule has 4 nitrogen and oxygen atoms in total. The molecule has 1 aliphatic rings. The Labute approximate surface area is 114 Å². The molecule has 2 rings (SSSR count). The Morgan fingerprint density at radius 2 is 2.11 bits per heavy atom. The molecule has 0 aromatic heterocycles. The van der Waals surface area contributed by atoms with Gasteiger partial charge in [-0.05, 0) is 38.1 Å². The van der Waals surface area contributed by atoms with E-state index in [4.69, 9.17) is 9.47 Å². The maximum absolute atomic E-state index is 10.3. The van der Waals surface area contributed by atoms with Crippen LogP contribution in [0, 0.1) is 0 Å². The number of aliphatic hydroxyl groups excluding tert-OH is 1. The van der Waals surface area contributed by atoms with Crippen LogP contribution in [0.25, 0.3) is 0 Å². The minimum absolute atomic E-state index is 0.244. The second kappa shape index (κ2) is 6.37. The Morgan fingerprint density at radius 3 is 2.63 bits per heavy atom. The fourth-order valence-corrected chi connectivity index (χ4v) is 2.64. The molecular formula is C15H23NO3. The second-order valence-corrected chi connectivity index (χ2v) is 5.16. The summed E-state index contributed by atoms with van der Waals surface area (Å²) in [4.78, 5) is 2.19. The van der Waals surface area contributed by atoms with E-state index in [2.05, 4.69) is 11.8 Å². The van der Waals surface area contributed by atoms with E-state index in [1.807, 2.05) is 31.3 Å². The molecule has 1 fully saturated rings. The number of hydrogen-bond donors (Lipinski definition) is 1. The fourth-order valence-electron chi connectivity index (χ4n) is 2.64. The minimum atomic E-state index is -0.483. The van der Waals surface area contributed by atoms with Gasteiger partial charge in [0.1, 0.15) is 5.75 Å². The first-order valence-corrected chi connectivity index (χ1v) is 6.75. The quantitative estimate of drug-likeness (QED) is 0.882. The zero-order chi connectivity index (χ0) is 13.8. The molecule has 3 atom stereocenters. The number of benzene rings is 1. The lowest BCUT2D eigenvalue weighted by molar-refractivity contribution is 0.0579. The zero-order valence-corrected chi connectivity index (χ0v) is 11.9. The second-order valence-electron chi connectivity index (χ2n) is 5.16. The maximum atomic E-state index is 10.3. The summed E-state index contributed by atoms with van der Waals surface area (Å²) < 4.78 is 10.7. The molecule has 0 aliphatic carbocycles. The summed E-state index contributed by atoms with van der Waals surface area (Å²) in [5.41, 5.74) is 0.916. The highest BCUT2D eigenvalue weighted by atomic mass is 16.5. The van der Waals surface area contributed by atoms with Crippen molar-refractivity contribution in [2.45, 2.75) is 31.6 Å². The standard InChI is InChI=1S/C15H23NO3/c1-11-14(8-9-19-11)16(2)10-15(17)12-4-6-13(18-3)7-5-12/h4-7,11,14-15,17H,8-10H2,1-3H3. The van der Waals surface area contributed by atoms with Gasteiger partial charge in [-0.3, -0.25) is 4.90 Å². The van der Waals surface area contributed by atoms with Gasteiger partial charge in [-0.25, -0.2) is 0 Å². The molecule has 0 saturated carbocycles. The lowest BCUT2D eigenvalue weighted by Gasteiger charge is -2.28. The van der Waals surface area contributed by atoms with Crippen LogP contribution in [0.1, 0.15) is 25.0 Å². The molecule has 19 heavy (non-hydrogen) atoms. The monoisotopic (exact) mass is 265 g/mol. The van der Waals surface area contributed by atoms with Gasteiger partial charge in [0.25, 0.3) is 0 Å². The third-order valence-electron chi connectivity index (χ3n) is 3.86. The van der Waals surface area contributed by atoms with E-state index in [0.29, 0.717) is 12.6 Å². The Balaban J connectivity index is 1.93. The van der Waals surface area contributed by atoms with E-state index in [0.717, 1.165) is 24.3 Å². The smallest absolute Gasteiger partial charge is 0.118 e. The topological polar surface area (TPSA) is 41.9 Å². The van der Waals surface area contributed by atoms with Crippen molar-refractivity contribution in [2.75, 3.05) is 27.3 Å². The van der Waals surface area contributed by atoms with Crippen LogP contribution >= 0.6 is 0 Å². The van der Waals surface area contributed by atoms with Crippen LogP contribution in [0.2, 0.25) is 0 Å². The first-order chi connectivity index (χ1) is 9.11. The number of likely N-dealkylation sites (N-methyl/N-ethyl adjacent to an activating group) is 1. The van der Waals surface area contributed by atoms with Crippen molar-refractivity contribution in [1.82, 2.24) is 4.90 Å². The average molecular weight is 265 g/mol. The van der Waals surface area contributed by atoms with Crippen molar-refractivity contribution in [3.05, 3.63) is 29.8 Å². The lowest BCUT2D eigenvalue weighted by Crippen LogP contribution is -2.39. The zero-order valence-electron chi connectivity index (χ0n) is 11.9. The van der Waals surface area contributed by atoms with Crippen molar-refractivity contribution in [3.63, 3.8) is 0 Å². The summed E-state index contributed by atoms with van der Waals surface area (Å²) in [6.07, 6.45) is 0.796. The summed E-state index contributed by atoms with van der Waals surface area (Å²) >= 11 is 0. The minimum Gasteiger partial charge on any atom is -0.497 e. The summed E-state index contributed by atoms with van der Waals surface area (Å²) in [6.45, 7) is 3.52. The van der Waals surface area contributed by atoms with E-state index in [9.17, 15) is 5.11 Å². The number of methoxy groups -OCH3 is 1. The van der Waals surface area contributed by atoms with Crippen LogP contribution in [0.5, 0.6) is 5.75 Å². The molecule has 0 radical (unpaired) electrons. The Bertz CT molecular complexity index is 393. The van der Waals surface area contributed by atoms with E-state index >= 15 is 0 Å². The van der Waals surface area contributed by atoms with Crippen molar-refractivity contribution in [1.29, 1.82) is 0 Å². The van der Waals surface area contributed by atoms with Gasteiger partial charge in [0.2, 0.25) is 0 Å². The van der Waals surface area contributed by atoms with Crippen molar-refractivity contribution < 1.29 is 14.6 Å². The highest BCUT2D eigenvalue weighted by Crippen LogP contribution is 2.22. The molecule has 1 aliphatic heterocycles. The average Bonchev–Trinajstić information content (AvgIpc) is 2.85. The highest BCUT2D eigenvalue weighted by Gasteiger charge is 2.28. The molecule has 106 valence electrons. The maximum Gasteiger partial charge on any atom is 0.118 e. The van der Waals surface area contributed by atoms with E-state index in [-0.39, 0.29) is 6.10 Å². The third kappa shape index (κ3) is 3.47. The summed E-state index contributed by atoms with van der Waals surface area (Å²) in [7, 11) is 3.68. The molecule has 3 unspecified atom stereocenters. The van der Waals surface area contributed by atoms with E-state index in [1.54, 1.807) is 7.11 Å². The molecule has 1 aromatic carbocycles. The van der Waals surface area contributed by atoms with Gasteiger partial charge in [-0.15, -0.1) is 0 Å². The van der Waals surface area contributed by atoms with Crippen LogP contribution in [0.15, 0.2) is 24.3 Å². The van der Waals surface area contributed by atoms with Crippen molar-refractivity contribution in [2.24, 2.45) is 0 Å². The molecule has 0 spiro atoms. The number of hydrogen-bond acceptors (Lipinski definition) is 4. The van der Waals surface area contributed by atoms with Crippen LogP contribution in [-0.4, -0.2) is 49.5 Å². The van der Waals surface area contributed by atoms with E-state index < -0.39 is 6.10 Å². The van der Waals surface area contributed by atoms with E-state index in [1.165, 1.54) is 0 Å². The summed E-state index contributed by atoms with van der Waals surface area (Å²) in [6, 6.07) is 7.96. The van der Waals surface area contributed by atoms with Gasteiger partial charge >= 0.3 is 0 Å². The van der Waals surface area contributed by atoms with Crippen LogP contribution in [0.4, 0.5) is 0 Å². The number of aliphatic hydroxyl groups is 1. The van der Waals surface area contributed by atoms with Gasteiger partial charge in [0.05, 0.1) is 19.3 Å². The molecule has 1 aromatic rings. The molecule has 0 amide bonds. The summed E-state index contributed by atoms with van der Waals surface area (Å²) in [5, 5.41) is 10.3. The van der Waals surface area contributed by atoms with Gasteiger partial charge in [0.15, 0.2) is 0 Å². The van der Waals surface area contributed by atoms with Gasteiger partial charge in [-0.2, -0.15) is 0 Å². The number of ether oxygens (including phenoxy) is 2. The Hall–Kier alpha value is -1.10. The van der Waals surface area contributed by atoms with Crippen LogP contribution < -0.4 is 4.74 Å². The molecule has 0 bridgehead atoms. The first kappa shape index (κ1) is 14.3. The van der Waals surface area contributed by atoms with Gasteiger partial charge in [-0.1, -0.05) is 12.1 Å². The number of nitrogens with zero attached hydrogens (tertiary/aromatic N) is 1. The van der Waals surface area contributed by atoms with Crippen molar-refractivity contribution in [3.8, 4) is 5.75 Å². The van der Waals surface area contributed by atoms with Gasteiger partial charge in [0, 0.05) is 19.2 Å². The fraction of sp³-hybridized carbons (Fsp3) is 0.600. The molecule has 1 saturated heterocycles. The van der Waals surface area contributed by atoms with Crippen molar-refractivity contribution >= 4 is 0 Å². The predicted molar refractivity (Wildman–Crippen MR) is 74.4 cm³/mol. The van der Waals surface area contributed by atoms with Gasteiger partial charge < -0.3 is 14.6 Å². The largest absolute Gasteiger partial charge is 0.497 e. The van der Waals surface area contributed by atoms with Crippen LogP contribution in [0.3, 0.4) is 0 Å². The predicted octanol–water partition coefficient (Wildman–Crippen LogP) is 1.84. The van der Waals surface area contributed by atoms with Crippen LogP contribution in [-0.2, 0) is 4.74 Å². The third-order valence-corrected chi connectivity index (χ3v) is 3.86. The first-order valence-electron chi connectivity index (χ1n) is 6.75. The molecular weight excluding hydrogens is 242 g/mol.